The molecule has 18 nitrogen and oxygen atoms in total. The van der Waals surface area contributed by atoms with E-state index in [-0.39, 0.29) is 44.9 Å². The van der Waals surface area contributed by atoms with Gasteiger partial charge in [-0.3, -0.25) is 33.9 Å². The first-order valence-electron chi connectivity index (χ1n) is 21.7. The monoisotopic (exact) mass is 1130 g/mol. The summed E-state index contributed by atoms with van der Waals surface area (Å²) >= 11 is 7.40. The van der Waals surface area contributed by atoms with E-state index in [0.717, 1.165) is 23.4 Å². The topological polar surface area (TPSA) is 252 Å². The maximum atomic E-state index is 15.3. The number of anilines is 1. The second-order valence-corrected chi connectivity index (χ2v) is 19.9. The number of carbonyl (C=O) groups excluding carboxylic acids is 3. The van der Waals surface area contributed by atoms with Crippen LogP contribution in [0, 0.1) is 29.9 Å². The number of amides is 3. The Morgan fingerprint density at radius 1 is 1.05 bits per heavy atom. The van der Waals surface area contributed by atoms with Gasteiger partial charge in [-0.15, -0.1) is 0 Å². The molecule has 3 amide bonds. The second kappa shape index (κ2) is 23.1. The molecule has 0 saturated heterocycles. The van der Waals surface area contributed by atoms with Gasteiger partial charge in [0.15, 0.2) is 5.82 Å². The van der Waals surface area contributed by atoms with E-state index in [9.17, 15) is 64.0 Å². The molecule has 4 aromatic rings. The van der Waals surface area contributed by atoms with Crippen LogP contribution in [0.4, 0.5) is 54.5 Å². The SMILES string of the molecule is CSN(C(=O)C(C)(C)CCN(CC(=O)O)C(=O)OCOP(=O)(O)O)c1nn(CC(F)(F)F)c2c(-c3ccc(C)nc3C(Cc3cc(F)cc(F)c3)NC(=O)CN=C3/C(=C(\N)C(F)(F)F)C[C@@H](C)C3(F)F)ccc(Cl)c12. The lowest BCUT2D eigenvalue weighted by Crippen LogP contribution is -2.42. The molecule has 31 heteroatoms. The van der Waals surface area contributed by atoms with Gasteiger partial charge in [0.1, 0.15) is 42.7 Å². The number of aliphatic imine (C=N–C) groups is 1. The highest BCUT2D eigenvalue weighted by Gasteiger charge is 2.53. The lowest BCUT2D eigenvalue weighted by Gasteiger charge is -2.31. The third kappa shape index (κ3) is 14.9. The predicted octanol–water partition coefficient (Wildman–Crippen LogP) is 8.81. The number of carboxylic acid groups (broad SMARTS) is 1. The van der Waals surface area contributed by atoms with Crippen LogP contribution in [0.25, 0.3) is 22.0 Å². The number of halogens is 11. The lowest BCUT2D eigenvalue weighted by atomic mass is 9.88. The van der Waals surface area contributed by atoms with Crippen LogP contribution < -0.4 is 15.4 Å². The van der Waals surface area contributed by atoms with Gasteiger partial charge in [-0.2, -0.15) is 40.2 Å². The Bertz CT molecular complexity index is 2950. The van der Waals surface area contributed by atoms with Gasteiger partial charge in [-0.1, -0.05) is 44.5 Å². The van der Waals surface area contributed by atoms with Crippen molar-refractivity contribution in [1.82, 2.24) is 25.0 Å². The molecule has 410 valence electrons. The Hall–Kier alpha value is -6.00. The molecule has 1 fully saturated rings. The van der Waals surface area contributed by atoms with E-state index in [4.69, 9.17) is 27.1 Å². The molecule has 1 saturated carbocycles. The van der Waals surface area contributed by atoms with E-state index in [1.807, 2.05) is 0 Å². The van der Waals surface area contributed by atoms with Gasteiger partial charge in [0.2, 0.25) is 18.6 Å². The molecule has 6 N–H and O–H groups in total. The van der Waals surface area contributed by atoms with E-state index in [1.54, 1.807) is 0 Å². The number of benzene rings is 2. The smallest absolute Gasteiger partial charge is 0.472 e. The Morgan fingerprint density at radius 3 is 2.25 bits per heavy atom. The van der Waals surface area contributed by atoms with Crippen molar-refractivity contribution in [1.29, 1.82) is 0 Å². The van der Waals surface area contributed by atoms with Crippen LogP contribution in [0.2, 0.25) is 5.02 Å². The van der Waals surface area contributed by atoms with Crippen molar-refractivity contribution < 1.29 is 91.8 Å². The van der Waals surface area contributed by atoms with Crippen LogP contribution in [0.5, 0.6) is 0 Å². The fourth-order valence-corrected chi connectivity index (χ4v) is 8.96. The Balaban J connectivity index is 1.64. The zero-order valence-electron chi connectivity index (χ0n) is 39.8. The van der Waals surface area contributed by atoms with Crippen molar-refractivity contribution in [2.45, 2.75) is 77.8 Å². The molecule has 0 aliphatic heterocycles. The van der Waals surface area contributed by atoms with Crippen LogP contribution in [-0.2, 0) is 41.2 Å². The summed E-state index contributed by atoms with van der Waals surface area (Å²) in [6.45, 7) is -0.860. The Kier molecular flexibility index (Phi) is 18.4. The number of aliphatic carboxylic acids is 1. The number of pyridine rings is 1. The number of allylic oxidation sites excluding steroid dienone is 2. The van der Waals surface area contributed by atoms with Crippen molar-refractivity contribution in [3.05, 3.63) is 87.3 Å². The van der Waals surface area contributed by atoms with Crippen LogP contribution in [0.3, 0.4) is 0 Å². The number of rotatable bonds is 19. The number of fused-ring (bicyclic) bond motifs is 1. The lowest BCUT2D eigenvalue weighted by molar-refractivity contribution is -0.142. The number of hydrogen-bond acceptors (Lipinski definition) is 12. The summed E-state index contributed by atoms with van der Waals surface area (Å²) in [6.07, 6.45) is -12.1. The number of nitrogens with zero attached hydrogens (tertiary/aromatic N) is 6. The highest BCUT2D eigenvalue weighted by molar-refractivity contribution is 8.00. The number of aromatic nitrogens is 3. The normalized spacial score (nSPS) is 16.8. The number of hydrogen-bond donors (Lipinski definition) is 5. The van der Waals surface area contributed by atoms with Crippen LogP contribution in [0.15, 0.2) is 58.7 Å². The van der Waals surface area contributed by atoms with E-state index < -0.39 is 153 Å². The summed E-state index contributed by atoms with van der Waals surface area (Å²) in [5, 5.41) is 15.6. The third-order valence-electron chi connectivity index (χ3n) is 11.4. The molecular weight excluding hydrogens is 1090 g/mol. The van der Waals surface area contributed by atoms with Gasteiger partial charge >= 0.3 is 32.2 Å². The fraction of sp³-hybridized carbons (Fsp3) is 0.432. The zero-order valence-corrected chi connectivity index (χ0v) is 42.3. The average Bonchev–Trinajstić information content (AvgIpc) is 3.74. The number of alkyl halides is 8. The summed E-state index contributed by atoms with van der Waals surface area (Å²) < 4.78 is 166. The van der Waals surface area contributed by atoms with Crippen LogP contribution >= 0.6 is 31.4 Å². The number of carbonyl (C=O) groups is 4. The third-order valence-corrected chi connectivity index (χ3v) is 12.9. The number of ether oxygens (including phenoxy) is 1. The van der Waals surface area contributed by atoms with Crippen molar-refractivity contribution in [2.75, 3.05) is 37.0 Å². The van der Waals surface area contributed by atoms with Crippen molar-refractivity contribution in [3.63, 3.8) is 0 Å². The molecule has 0 radical (unpaired) electrons. The van der Waals surface area contributed by atoms with Gasteiger partial charge in [0, 0.05) is 52.6 Å². The van der Waals surface area contributed by atoms with E-state index in [1.165, 1.54) is 51.3 Å². The molecule has 0 bridgehead atoms. The molecule has 1 unspecified atom stereocenters. The largest absolute Gasteiger partial charge is 0.480 e. The minimum Gasteiger partial charge on any atom is -0.480 e. The molecule has 1 aliphatic rings. The highest BCUT2D eigenvalue weighted by Crippen LogP contribution is 2.46. The summed E-state index contributed by atoms with van der Waals surface area (Å²) in [5.74, 6) is -12.0. The molecule has 2 aromatic carbocycles. The standard InChI is InChI=1S/C44H46ClF10N8O10PS/c1-21-12-28(36(56)44(53,54)55)37(43(21,51)52)57-17-31(64)59-30(15-23-13-24(46)16-25(47)14-23)34-26(7-6-22(2)58-34)27-8-9-29(45)33-35(27)62(19-42(48,49)50)60-38(33)63(75-5)39(67)41(3,4)10-11-61(18-32(65)66)40(68)72-20-73-74(69,70)71/h6-9,13-14,16,21,30H,10-12,15,17-20,56H2,1-5H3,(H,59,64)(H,65,66)(H2,69,70,71)/b36-28-,57-37?/t21-,30?/m1/s1. The molecule has 2 atom stereocenters. The number of aryl methyl sites for hydroxylation is 1. The number of phosphoric acid groups is 1. The number of carboxylic acids is 1. The Morgan fingerprint density at radius 2 is 1.68 bits per heavy atom. The van der Waals surface area contributed by atoms with Crippen LogP contribution in [-0.4, -0.2) is 115 Å². The molecule has 5 rings (SSSR count). The van der Waals surface area contributed by atoms with E-state index in [2.05, 4.69) is 29.7 Å². The Labute approximate surface area is 428 Å². The second-order valence-electron chi connectivity index (χ2n) is 17.6. The number of phosphoric ester groups is 1. The van der Waals surface area contributed by atoms with Gasteiger partial charge < -0.3 is 30.7 Å². The molecule has 1 aliphatic carbocycles. The summed E-state index contributed by atoms with van der Waals surface area (Å²) in [6, 6.07) is 5.90. The van der Waals surface area contributed by atoms with E-state index in [0.29, 0.717) is 27.6 Å². The zero-order chi connectivity index (χ0) is 56.3. The quantitative estimate of drug-likeness (QED) is 0.0255. The first kappa shape index (κ1) is 59.9. The van der Waals surface area contributed by atoms with Crippen molar-refractivity contribution in [2.24, 2.45) is 22.1 Å². The highest BCUT2D eigenvalue weighted by atomic mass is 35.5. The summed E-state index contributed by atoms with van der Waals surface area (Å²) in [5.41, 5.74) is -1.50. The number of nitrogens with two attached hydrogens (primary N) is 1. The minimum atomic E-state index is -5.25. The average molecular weight is 1140 g/mol. The first-order chi connectivity index (χ1) is 34.5. The van der Waals surface area contributed by atoms with Crippen LogP contribution in [0.1, 0.15) is 56.6 Å². The summed E-state index contributed by atoms with van der Waals surface area (Å²) in [7, 11) is -5.12. The fourth-order valence-electron chi connectivity index (χ4n) is 7.82. The summed E-state index contributed by atoms with van der Waals surface area (Å²) in [4.78, 5) is 79.1. The first-order valence-corrected chi connectivity index (χ1v) is 24.8. The molecule has 75 heavy (non-hydrogen) atoms. The molecule has 2 aromatic heterocycles. The maximum absolute atomic E-state index is 15.3. The van der Waals surface area contributed by atoms with Gasteiger partial charge in [-0.05, 0) is 68.0 Å². The van der Waals surface area contributed by atoms with Crippen molar-refractivity contribution >= 4 is 77.7 Å². The number of nitrogens with one attached hydrogen (secondary N) is 1. The minimum absolute atomic E-state index is 0.0936. The van der Waals surface area contributed by atoms with Gasteiger partial charge in [-0.25, -0.2) is 27.0 Å². The van der Waals surface area contributed by atoms with E-state index >= 15 is 8.78 Å². The van der Waals surface area contributed by atoms with Crippen molar-refractivity contribution in [3.8, 4) is 11.1 Å². The predicted molar refractivity (Wildman–Crippen MR) is 251 cm³/mol. The molecule has 2 heterocycles. The maximum Gasteiger partial charge on any atom is 0.472 e. The van der Waals surface area contributed by atoms with Gasteiger partial charge in [0.05, 0.1) is 27.7 Å². The molecule has 0 spiro atoms. The van der Waals surface area contributed by atoms with Gasteiger partial charge in [0.25, 0.3) is 5.92 Å². The molecular formula is C44H46ClF10N8O10PS.